The molecule has 1 atom stereocenters. The van der Waals surface area contributed by atoms with Crippen LogP contribution in [0.25, 0.3) is 0 Å². The Hall–Kier alpha value is -4.07. The molecule has 0 radical (unpaired) electrons. The number of carbonyl (C=O) groups is 1. The summed E-state index contributed by atoms with van der Waals surface area (Å²) in [6.07, 6.45) is -15.1. The molecule has 0 spiro atoms. The van der Waals surface area contributed by atoms with E-state index in [-0.39, 0.29) is 35.3 Å². The van der Waals surface area contributed by atoms with Crippen LogP contribution >= 0.6 is 11.3 Å². The number of amides is 1. The lowest BCUT2D eigenvalue weighted by Gasteiger charge is -2.17. The van der Waals surface area contributed by atoms with Gasteiger partial charge in [0.15, 0.2) is 11.5 Å². The number of ether oxygens (including phenoxy) is 2. The molecule has 17 heteroatoms. The lowest BCUT2D eigenvalue weighted by Crippen LogP contribution is -2.23. The first kappa shape index (κ1) is 30.5. The van der Waals surface area contributed by atoms with Gasteiger partial charge in [0.05, 0.1) is 24.3 Å². The van der Waals surface area contributed by atoms with Crippen molar-refractivity contribution in [2.24, 2.45) is 5.92 Å². The molecule has 1 heterocycles. The molecule has 7 nitrogen and oxygen atoms in total. The maximum absolute atomic E-state index is 13.4. The van der Waals surface area contributed by atoms with Gasteiger partial charge >= 0.3 is 18.5 Å². The minimum absolute atomic E-state index is 0.0161. The number of rotatable bonds is 8. The third-order valence-electron chi connectivity index (χ3n) is 5.16. The molecule has 0 aliphatic rings. The maximum Gasteiger partial charge on any atom is 0.445 e. The van der Waals surface area contributed by atoms with Gasteiger partial charge in [-0.3, -0.25) is 10.1 Å². The quantitative estimate of drug-likeness (QED) is 0.298. The van der Waals surface area contributed by atoms with Gasteiger partial charge in [0.25, 0.3) is 0 Å². The predicted molar refractivity (Wildman–Crippen MR) is 120 cm³/mol. The van der Waals surface area contributed by atoms with Crippen LogP contribution in [0.15, 0.2) is 36.4 Å². The highest BCUT2D eigenvalue weighted by molar-refractivity contribution is 7.15. The van der Waals surface area contributed by atoms with Crippen molar-refractivity contribution in [2.45, 2.75) is 31.6 Å². The summed E-state index contributed by atoms with van der Waals surface area (Å²) in [6, 6.07) is 6.73. The van der Waals surface area contributed by atoms with Crippen molar-refractivity contribution >= 4 is 22.4 Å². The van der Waals surface area contributed by atoms with Crippen molar-refractivity contribution in [3.8, 4) is 17.6 Å². The summed E-state index contributed by atoms with van der Waals surface area (Å²) in [7, 11) is 1.19. The number of anilines is 1. The molecule has 1 amide bonds. The van der Waals surface area contributed by atoms with E-state index in [1.54, 1.807) is 6.07 Å². The van der Waals surface area contributed by atoms with Gasteiger partial charge in [-0.1, -0.05) is 23.5 Å². The van der Waals surface area contributed by atoms with Gasteiger partial charge in [0, 0.05) is 5.56 Å². The van der Waals surface area contributed by atoms with Crippen LogP contribution < -0.4 is 14.8 Å². The van der Waals surface area contributed by atoms with Gasteiger partial charge < -0.3 is 9.47 Å². The number of nitrogens with zero attached hydrogens (tertiary/aromatic N) is 3. The van der Waals surface area contributed by atoms with Crippen LogP contribution in [0.1, 0.15) is 27.3 Å². The van der Waals surface area contributed by atoms with Crippen LogP contribution in [0, 0.1) is 17.2 Å². The smallest absolute Gasteiger partial charge is 0.445 e. The van der Waals surface area contributed by atoms with E-state index in [9.17, 15) is 49.6 Å². The van der Waals surface area contributed by atoms with Gasteiger partial charge in [0.2, 0.25) is 16.0 Å². The topological polar surface area (TPSA) is 97.1 Å². The fraction of sp³-hybridized carbons (Fsp3) is 0.304. The predicted octanol–water partition coefficient (Wildman–Crippen LogP) is 6.50. The van der Waals surface area contributed by atoms with Crippen molar-refractivity contribution in [1.29, 1.82) is 5.26 Å². The van der Waals surface area contributed by atoms with Gasteiger partial charge in [0.1, 0.15) is 12.5 Å². The molecule has 0 aliphatic heterocycles. The Morgan fingerprint density at radius 2 is 1.68 bits per heavy atom. The van der Waals surface area contributed by atoms with Crippen molar-refractivity contribution < 1.29 is 53.8 Å². The Kier molecular flexibility index (Phi) is 8.82. The van der Waals surface area contributed by atoms with Crippen molar-refractivity contribution in [1.82, 2.24) is 10.2 Å². The Bertz CT molecular complexity index is 1410. The Labute approximate surface area is 223 Å². The normalized spacial score (nSPS) is 12.9. The number of alkyl halides is 9. The molecular weight excluding hydrogens is 583 g/mol. The Morgan fingerprint density at radius 1 is 0.975 bits per heavy atom. The number of aromatic nitrogens is 2. The molecular formula is C23H15F9N4O3S. The zero-order valence-corrected chi connectivity index (χ0v) is 20.6. The van der Waals surface area contributed by atoms with Crippen molar-refractivity contribution in [3.63, 3.8) is 0 Å². The van der Waals surface area contributed by atoms with Gasteiger partial charge in [-0.2, -0.15) is 44.8 Å². The number of carbonyl (C=O) groups excluding carboxylic acids is 1. The van der Waals surface area contributed by atoms with E-state index in [1.807, 2.05) is 0 Å². The van der Waals surface area contributed by atoms with Gasteiger partial charge in [-0.15, -0.1) is 10.2 Å². The zero-order chi connectivity index (χ0) is 29.9. The number of nitrogens with one attached hydrogen (secondary N) is 1. The van der Waals surface area contributed by atoms with Crippen LogP contribution in [0.5, 0.6) is 11.5 Å². The van der Waals surface area contributed by atoms with Crippen molar-refractivity contribution in [2.75, 3.05) is 12.4 Å². The molecule has 3 aromatic rings. The van der Waals surface area contributed by atoms with E-state index in [0.717, 1.165) is 0 Å². The molecule has 1 aromatic heterocycles. The number of benzene rings is 2. The van der Waals surface area contributed by atoms with Crippen LogP contribution in [-0.2, 0) is 36.4 Å². The molecule has 0 saturated heterocycles. The molecule has 1 unspecified atom stereocenters. The number of nitriles is 1. The first-order valence-electron chi connectivity index (χ1n) is 10.7. The molecule has 0 bridgehead atoms. The summed E-state index contributed by atoms with van der Waals surface area (Å²) in [5.41, 5.74) is -3.27. The first-order chi connectivity index (χ1) is 18.5. The molecule has 2 aromatic carbocycles. The monoisotopic (exact) mass is 598 g/mol. The van der Waals surface area contributed by atoms with E-state index < -0.39 is 63.8 Å². The number of halogens is 9. The number of hydrogen-bond acceptors (Lipinski definition) is 7. The molecule has 0 saturated carbocycles. The van der Waals surface area contributed by atoms with E-state index in [0.29, 0.717) is 17.7 Å². The van der Waals surface area contributed by atoms with Crippen LogP contribution in [0.3, 0.4) is 0 Å². The lowest BCUT2D eigenvalue weighted by molar-refractivity contribution is -0.143. The summed E-state index contributed by atoms with van der Waals surface area (Å²) in [5.74, 6) is -2.48. The second kappa shape index (κ2) is 11.6. The maximum atomic E-state index is 13.4. The third kappa shape index (κ3) is 7.52. The highest BCUT2D eigenvalue weighted by Gasteiger charge is 2.38. The van der Waals surface area contributed by atoms with Crippen LogP contribution in [-0.4, -0.2) is 23.2 Å². The summed E-state index contributed by atoms with van der Waals surface area (Å²) < 4.78 is 127. The SMILES string of the molecule is COc1cc(CC(C#N)C(=O)Nc2nnc(C(F)(F)F)s2)ccc1OCc1ccc(C(F)(F)F)cc1C(F)(F)F. The molecule has 214 valence electrons. The number of hydrogen-bond donors (Lipinski definition) is 1. The fourth-order valence-corrected chi connectivity index (χ4v) is 3.88. The van der Waals surface area contributed by atoms with Gasteiger partial charge in [-0.25, -0.2) is 0 Å². The van der Waals surface area contributed by atoms with Crippen LogP contribution in [0.4, 0.5) is 44.6 Å². The van der Waals surface area contributed by atoms with E-state index in [1.165, 1.54) is 25.3 Å². The average molecular weight is 598 g/mol. The minimum atomic E-state index is -5.09. The molecule has 3 rings (SSSR count). The first-order valence-corrected chi connectivity index (χ1v) is 11.5. The lowest BCUT2D eigenvalue weighted by atomic mass is 9.99. The minimum Gasteiger partial charge on any atom is -0.493 e. The Balaban J connectivity index is 1.74. The van der Waals surface area contributed by atoms with Gasteiger partial charge in [-0.05, 0) is 36.2 Å². The molecule has 0 fully saturated rings. The molecule has 0 aliphatic carbocycles. The molecule has 1 N–H and O–H groups in total. The second-order valence-electron chi connectivity index (χ2n) is 7.93. The van der Waals surface area contributed by atoms with E-state index in [4.69, 9.17) is 9.47 Å². The highest BCUT2D eigenvalue weighted by atomic mass is 32.1. The summed E-state index contributed by atoms with van der Waals surface area (Å²) in [4.78, 5) is 12.4. The third-order valence-corrected chi connectivity index (χ3v) is 6.05. The Morgan fingerprint density at radius 3 is 2.23 bits per heavy atom. The number of methoxy groups -OCH3 is 1. The summed E-state index contributed by atoms with van der Waals surface area (Å²) in [6.45, 7) is -0.770. The van der Waals surface area contributed by atoms with Crippen molar-refractivity contribution in [3.05, 3.63) is 63.7 Å². The summed E-state index contributed by atoms with van der Waals surface area (Å²) in [5, 5.41) is 15.8. The standard InChI is InChI=1S/C23H15F9N4O3S/c1-38-17-7-11(6-13(9-33)18(37)34-20-36-35-19(40-20)23(30,31)32)2-5-16(17)39-10-12-3-4-14(21(24,25)26)8-15(12)22(27,28)29/h2-5,7-8,13H,6,10H2,1H3,(H,34,36,37). The fourth-order valence-electron chi connectivity index (χ4n) is 3.27. The molecule has 40 heavy (non-hydrogen) atoms. The largest absolute Gasteiger partial charge is 0.493 e. The zero-order valence-electron chi connectivity index (χ0n) is 19.8. The van der Waals surface area contributed by atoms with E-state index in [2.05, 4.69) is 15.5 Å². The van der Waals surface area contributed by atoms with Crippen LogP contribution in [0.2, 0.25) is 0 Å². The highest BCUT2D eigenvalue weighted by Crippen LogP contribution is 2.38. The van der Waals surface area contributed by atoms with E-state index >= 15 is 0 Å². The second-order valence-corrected chi connectivity index (χ2v) is 8.90. The average Bonchev–Trinajstić information content (AvgIpc) is 3.34. The summed E-state index contributed by atoms with van der Waals surface area (Å²) >= 11 is 0.0671.